The summed E-state index contributed by atoms with van der Waals surface area (Å²) in [5, 5.41) is 23.5. The number of carbonyl (C=O) groups excluding carboxylic acids is 5. The third-order valence-electron chi connectivity index (χ3n) is 9.18. The zero-order valence-corrected chi connectivity index (χ0v) is 31.9. The van der Waals surface area contributed by atoms with Crippen LogP contribution in [0.15, 0.2) is 41.4 Å². The molecule has 1 aromatic carbocycles. The fourth-order valence-electron chi connectivity index (χ4n) is 6.17. The molecule has 1 aliphatic carbocycles. The molecule has 2 rings (SSSR count). The topological polar surface area (TPSA) is 235 Å². The first-order valence-corrected chi connectivity index (χ1v) is 19.2. The number of carboxylic acid groups (broad SMARTS) is 1. The van der Waals surface area contributed by atoms with Crippen LogP contribution in [0.4, 0.5) is 0 Å². The lowest BCUT2D eigenvalue weighted by Crippen LogP contribution is -2.59. The van der Waals surface area contributed by atoms with Gasteiger partial charge in [0.05, 0.1) is 0 Å². The van der Waals surface area contributed by atoms with Crippen molar-refractivity contribution >= 4 is 51.4 Å². The number of rotatable bonds is 25. The number of amides is 5. The predicted octanol–water partition coefficient (Wildman–Crippen LogP) is 2.32. The van der Waals surface area contributed by atoms with E-state index in [0.29, 0.717) is 51.6 Å². The molecule has 1 saturated carbocycles. The largest absolute Gasteiger partial charge is 0.480 e. The lowest BCUT2D eigenvalue weighted by Gasteiger charge is -2.27. The molecule has 1 aliphatic rings. The molecule has 0 aromatic heterocycles. The Morgan fingerprint density at radius 1 is 0.769 bits per heavy atom. The highest BCUT2D eigenvalue weighted by molar-refractivity contribution is 9.10. The highest BCUT2D eigenvalue weighted by Crippen LogP contribution is 2.28. The van der Waals surface area contributed by atoms with Gasteiger partial charge in [-0.05, 0) is 88.1 Å². The summed E-state index contributed by atoms with van der Waals surface area (Å²) in [5.74, 6) is -3.78. The second kappa shape index (κ2) is 24.4. The fraction of sp³-hybridized carbons (Fsp3) is 0.622. The number of unbranched alkanes of at least 4 members (excludes halogenated alkanes) is 2. The minimum atomic E-state index is -1.17. The number of hydrogen-bond donors (Lipinski definition) is 8. The lowest BCUT2D eigenvalue weighted by atomic mass is 9.97. The standard InChI is InChI=1S/C37H58BrN7O7/c1-3-11-27(42-35(49)29(15-8-10-21-40)43-34(48)28(14-7-9-20-39)41-32(46)4-2)33(47)44-30(22-25-16-18-26(38)19-17-25)36(50)45-31(37(51)52)23-24-12-5-6-13-24/h3,16-19,24,27-31H,1,4-15,20-23,39-40H2,2H3,(H,41,46)(H,42,49)(H,43,48)(H,44,47)(H,45,50)(H,51,52)/t27-,28-,29-,30-,31-/m0/s1. The van der Waals surface area contributed by atoms with Gasteiger partial charge in [0.1, 0.15) is 30.2 Å². The summed E-state index contributed by atoms with van der Waals surface area (Å²) in [6.45, 7) is 6.20. The molecule has 1 fully saturated rings. The summed E-state index contributed by atoms with van der Waals surface area (Å²) in [4.78, 5) is 79.0. The maximum Gasteiger partial charge on any atom is 0.326 e. The smallest absolute Gasteiger partial charge is 0.326 e. The average molecular weight is 793 g/mol. The van der Waals surface area contributed by atoms with Crippen LogP contribution in [-0.2, 0) is 35.2 Å². The molecule has 0 saturated heterocycles. The number of halogens is 1. The van der Waals surface area contributed by atoms with E-state index in [0.717, 1.165) is 35.7 Å². The van der Waals surface area contributed by atoms with E-state index in [1.54, 1.807) is 31.2 Å². The van der Waals surface area contributed by atoms with Crippen LogP contribution in [0.5, 0.6) is 0 Å². The van der Waals surface area contributed by atoms with Crippen LogP contribution < -0.4 is 38.1 Å². The third-order valence-corrected chi connectivity index (χ3v) is 9.71. The van der Waals surface area contributed by atoms with Crippen LogP contribution in [0, 0.1) is 5.92 Å². The molecule has 15 heteroatoms. The van der Waals surface area contributed by atoms with Crippen LogP contribution in [-0.4, -0.2) is 83.9 Å². The summed E-state index contributed by atoms with van der Waals surface area (Å²) in [6, 6.07) is 1.77. The number of aliphatic carboxylic acids is 1. The number of benzene rings is 1. The van der Waals surface area contributed by atoms with Crippen molar-refractivity contribution in [2.75, 3.05) is 13.1 Å². The predicted molar refractivity (Wildman–Crippen MR) is 203 cm³/mol. The molecule has 0 spiro atoms. The Morgan fingerprint density at radius 2 is 1.25 bits per heavy atom. The minimum Gasteiger partial charge on any atom is -0.480 e. The van der Waals surface area contributed by atoms with Crippen molar-refractivity contribution in [2.45, 2.75) is 127 Å². The molecular formula is C37H58BrN7O7. The summed E-state index contributed by atoms with van der Waals surface area (Å²) in [5.41, 5.74) is 12.0. The van der Waals surface area contributed by atoms with E-state index in [-0.39, 0.29) is 37.5 Å². The normalized spacial score (nSPS) is 15.7. The number of carbonyl (C=O) groups is 6. The van der Waals surface area contributed by atoms with E-state index < -0.39 is 59.8 Å². The van der Waals surface area contributed by atoms with Crippen molar-refractivity contribution in [2.24, 2.45) is 17.4 Å². The maximum atomic E-state index is 13.8. The van der Waals surface area contributed by atoms with Gasteiger partial charge in [0, 0.05) is 17.3 Å². The molecule has 5 amide bonds. The van der Waals surface area contributed by atoms with Crippen molar-refractivity contribution in [1.82, 2.24) is 26.6 Å². The van der Waals surface area contributed by atoms with Gasteiger partial charge in [-0.15, -0.1) is 6.58 Å². The molecule has 0 bridgehead atoms. The Morgan fingerprint density at radius 3 is 1.77 bits per heavy atom. The lowest BCUT2D eigenvalue weighted by molar-refractivity contribution is -0.143. The molecule has 52 heavy (non-hydrogen) atoms. The first-order valence-electron chi connectivity index (χ1n) is 18.4. The van der Waals surface area contributed by atoms with Gasteiger partial charge in [-0.2, -0.15) is 0 Å². The van der Waals surface area contributed by atoms with Crippen molar-refractivity contribution in [3.8, 4) is 0 Å². The third kappa shape index (κ3) is 16.2. The molecule has 10 N–H and O–H groups in total. The summed E-state index contributed by atoms with van der Waals surface area (Å²) >= 11 is 3.39. The van der Waals surface area contributed by atoms with Gasteiger partial charge in [0.25, 0.3) is 0 Å². The zero-order chi connectivity index (χ0) is 38.5. The molecule has 1 aromatic rings. The Labute approximate surface area is 315 Å². The van der Waals surface area contributed by atoms with Gasteiger partial charge < -0.3 is 43.2 Å². The molecule has 0 unspecified atom stereocenters. The van der Waals surface area contributed by atoms with Crippen LogP contribution >= 0.6 is 15.9 Å². The monoisotopic (exact) mass is 791 g/mol. The van der Waals surface area contributed by atoms with E-state index in [9.17, 15) is 33.9 Å². The molecule has 5 atom stereocenters. The van der Waals surface area contributed by atoms with Gasteiger partial charge in [0.15, 0.2) is 0 Å². The number of hydrogen-bond acceptors (Lipinski definition) is 8. The molecule has 0 aliphatic heterocycles. The quantitative estimate of drug-likeness (QED) is 0.0536. The summed E-state index contributed by atoms with van der Waals surface area (Å²) in [6.07, 6.45) is 8.72. The van der Waals surface area contributed by atoms with E-state index in [2.05, 4.69) is 49.1 Å². The zero-order valence-electron chi connectivity index (χ0n) is 30.3. The van der Waals surface area contributed by atoms with Crippen molar-refractivity contribution in [3.63, 3.8) is 0 Å². The van der Waals surface area contributed by atoms with E-state index in [1.165, 1.54) is 6.08 Å². The highest BCUT2D eigenvalue weighted by Gasteiger charge is 2.33. The Bertz CT molecular complexity index is 1320. The average Bonchev–Trinajstić information content (AvgIpc) is 3.64. The molecular weight excluding hydrogens is 734 g/mol. The molecule has 290 valence electrons. The minimum absolute atomic E-state index is 0.00135. The summed E-state index contributed by atoms with van der Waals surface area (Å²) < 4.78 is 0.820. The van der Waals surface area contributed by atoms with E-state index >= 15 is 0 Å². The van der Waals surface area contributed by atoms with Gasteiger partial charge in [0.2, 0.25) is 29.5 Å². The van der Waals surface area contributed by atoms with Crippen molar-refractivity contribution in [3.05, 3.63) is 47.0 Å². The van der Waals surface area contributed by atoms with Crippen LogP contribution in [0.2, 0.25) is 0 Å². The van der Waals surface area contributed by atoms with Crippen LogP contribution in [0.3, 0.4) is 0 Å². The molecule has 14 nitrogen and oxygen atoms in total. The van der Waals surface area contributed by atoms with E-state index in [4.69, 9.17) is 11.5 Å². The highest BCUT2D eigenvalue weighted by atomic mass is 79.9. The van der Waals surface area contributed by atoms with Crippen LogP contribution in [0.25, 0.3) is 0 Å². The van der Waals surface area contributed by atoms with Crippen molar-refractivity contribution in [1.29, 1.82) is 0 Å². The summed E-state index contributed by atoms with van der Waals surface area (Å²) in [7, 11) is 0. The second-order valence-electron chi connectivity index (χ2n) is 13.4. The maximum absolute atomic E-state index is 13.8. The second-order valence-corrected chi connectivity index (χ2v) is 14.3. The van der Waals surface area contributed by atoms with Crippen molar-refractivity contribution < 1.29 is 33.9 Å². The molecule has 0 radical (unpaired) electrons. The van der Waals surface area contributed by atoms with Crippen LogP contribution in [0.1, 0.15) is 96.0 Å². The molecule has 0 heterocycles. The van der Waals surface area contributed by atoms with E-state index in [1.807, 2.05) is 0 Å². The fourth-order valence-corrected chi connectivity index (χ4v) is 6.44. The van der Waals surface area contributed by atoms with Gasteiger partial charge in [-0.1, -0.05) is 66.7 Å². The van der Waals surface area contributed by atoms with Gasteiger partial charge >= 0.3 is 5.97 Å². The first kappa shape index (κ1) is 44.3. The SMILES string of the molecule is C=CC[C@H](NC(=O)[C@H](CCCCN)NC(=O)[C@H](CCCCN)NC(=O)CC)C(=O)N[C@@H](Cc1ccc(Br)cc1)C(=O)N[C@@H](CC1CCCC1)C(=O)O. The number of carboxylic acids is 1. The Balaban J connectivity index is 2.28. The number of nitrogens with two attached hydrogens (primary N) is 2. The Hall–Kier alpha value is -3.82. The number of nitrogens with one attached hydrogen (secondary N) is 5. The van der Waals surface area contributed by atoms with Gasteiger partial charge in [-0.3, -0.25) is 24.0 Å². The van der Waals surface area contributed by atoms with Gasteiger partial charge in [-0.25, -0.2) is 4.79 Å². The first-order chi connectivity index (χ1) is 24.9. The Kier molecular flexibility index (Phi) is 20.8.